The lowest BCUT2D eigenvalue weighted by Crippen LogP contribution is -2.48. The second-order valence-corrected chi connectivity index (χ2v) is 7.46. The quantitative estimate of drug-likeness (QED) is 0.543. The maximum atomic E-state index is 5.86. The van der Waals surface area contributed by atoms with Gasteiger partial charge in [-0.05, 0) is 42.5 Å². The summed E-state index contributed by atoms with van der Waals surface area (Å²) >= 11 is 1.82. The fourth-order valence-electron chi connectivity index (χ4n) is 3.38. The number of para-hydroxylation sites is 1. The highest BCUT2D eigenvalue weighted by Gasteiger charge is 2.20. The van der Waals surface area contributed by atoms with Crippen molar-refractivity contribution in [3.8, 4) is 0 Å². The van der Waals surface area contributed by atoms with E-state index < -0.39 is 0 Å². The van der Waals surface area contributed by atoms with E-state index in [0.717, 1.165) is 48.6 Å². The summed E-state index contributed by atoms with van der Waals surface area (Å²) in [5.41, 5.74) is 0.924. The molecule has 136 valence electrons. The summed E-state index contributed by atoms with van der Waals surface area (Å²) in [6, 6.07) is 14.9. The van der Waals surface area contributed by atoms with E-state index in [1.807, 2.05) is 36.6 Å². The third-order valence-corrected chi connectivity index (χ3v) is 5.71. The van der Waals surface area contributed by atoms with Crippen molar-refractivity contribution in [1.29, 1.82) is 0 Å². The van der Waals surface area contributed by atoms with Crippen LogP contribution >= 0.6 is 11.3 Å². The number of benzene rings is 1. The van der Waals surface area contributed by atoms with Crippen LogP contribution in [0.2, 0.25) is 0 Å². The first-order chi connectivity index (χ1) is 12.8. The first-order valence-corrected chi connectivity index (χ1v) is 9.93. The van der Waals surface area contributed by atoms with Crippen molar-refractivity contribution in [2.45, 2.75) is 25.4 Å². The summed E-state index contributed by atoms with van der Waals surface area (Å²) in [7, 11) is 1.81. The minimum Gasteiger partial charge on any atom is -0.459 e. The second kappa shape index (κ2) is 7.83. The van der Waals surface area contributed by atoms with E-state index >= 15 is 0 Å². The summed E-state index contributed by atoms with van der Waals surface area (Å²) in [6.07, 6.45) is 2.23. The topological polar surface area (TPSA) is 52.8 Å². The molecular weight excluding hydrogens is 344 g/mol. The average molecular weight is 369 g/mol. The van der Waals surface area contributed by atoms with Crippen LogP contribution in [0.1, 0.15) is 18.6 Å². The minimum absolute atomic E-state index is 0.452. The van der Waals surface area contributed by atoms with Crippen LogP contribution in [0, 0.1) is 0 Å². The molecule has 3 aromatic rings. The number of piperidine rings is 1. The molecule has 5 nitrogen and oxygen atoms in total. The number of hydrogen-bond donors (Lipinski definition) is 2. The van der Waals surface area contributed by atoms with Crippen molar-refractivity contribution in [2.24, 2.45) is 4.99 Å². The van der Waals surface area contributed by atoms with Crippen molar-refractivity contribution < 1.29 is 4.42 Å². The minimum atomic E-state index is 0.452. The first-order valence-electron chi connectivity index (χ1n) is 9.05. The molecule has 1 aliphatic rings. The van der Waals surface area contributed by atoms with Gasteiger partial charge < -0.3 is 20.0 Å². The molecule has 6 heteroatoms. The first kappa shape index (κ1) is 17.0. The molecule has 0 spiro atoms. The molecular formula is C20H24N4OS. The number of aliphatic imine (C=N–C) groups is 1. The van der Waals surface area contributed by atoms with Gasteiger partial charge in [0.2, 0.25) is 0 Å². The third kappa shape index (κ3) is 3.85. The van der Waals surface area contributed by atoms with Gasteiger partial charge in [0.25, 0.3) is 0 Å². The van der Waals surface area contributed by atoms with Gasteiger partial charge in [0.15, 0.2) is 5.96 Å². The van der Waals surface area contributed by atoms with Gasteiger partial charge in [-0.3, -0.25) is 4.99 Å². The molecule has 2 N–H and O–H groups in total. The molecule has 0 atom stereocenters. The van der Waals surface area contributed by atoms with Gasteiger partial charge in [-0.15, -0.1) is 11.3 Å². The zero-order valence-electron chi connectivity index (χ0n) is 14.9. The fraction of sp³-hybridized carbons (Fsp3) is 0.350. The molecule has 0 aliphatic carbocycles. The van der Waals surface area contributed by atoms with Crippen LogP contribution in [0.5, 0.6) is 0 Å². The molecule has 3 heterocycles. The van der Waals surface area contributed by atoms with Crippen LogP contribution in [-0.2, 0) is 6.54 Å². The lowest BCUT2D eigenvalue weighted by molar-refractivity contribution is 0.460. The summed E-state index contributed by atoms with van der Waals surface area (Å²) in [6.45, 7) is 2.79. The smallest absolute Gasteiger partial charge is 0.191 e. The Labute approximate surface area is 157 Å². The predicted molar refractivity (Wildman–Crippen MR) is 109 cm³/mol. The number of guanidine groups is 1. The fourth-order valence-corrected chi connectivity index (χ4v) is 4.16. The molecule has 0 unspecified atom stereocenters. The van der Waals surface area contributed by atoms with Gasteiger partial charge in [-0.1, -0.05) is 18.2 Å². The number of hydrogen-bond acceptors (Lipinski definition) is 4. The predicted octanol–water partition coefficient (Wildman–Crippen LogP) is 3.83. The highest BCUT2D eigenvalue weighted by Crippen LogP contribution is 2.24. The number of rotatable bonds is 4. The normalized spacial score (nSPS) is 16.2. The number of furan rings is 1. The molecule has 4 rings (SSSR count). The average Bonchev–Trinajstić information content (AvgIpc) is 3.35. The lowest BCUT2D eigenvalue weighted by atomic mass is 10.1. The van der Waals surface area contributed by atoms with Gasteiger partial charge in [0.1, 0.15) is 11.3 Å². The molecule has 1 aliphatic heterocycles. The molecule has 1 saturated heterocycles. The van der Waals surface area contributed by atoms with Crippen molar-refractivity contribution >= 4 is 33.3 Å². The number of nitrogens with one attached hydrogen (secondary N) is 2. The highest BCUT2D eigenvalue weighted by molar-refractivity contribution is 7.14. The Morgan fingerprint density at radius 3 is 2.81 bits per heavy atom. The molecule has 1 fully saturated rings. The van der Waals surface area contributed by atoms with E-state index in [0.29, 0.717) is 12.6 Å². The summed E-state index contributed by atoms with van der Waals surface area (Å²) in [5.74, 6) is 1.75. The Hall–Kier alpha value is -2.47. The van der Waals surface area contributed by atoms with E-state index in [1.165, 1.54) is 5.00 Å². The van der Waals surface area contributed by atoms with E-state index in [9.17, 15) is 0 Å². The zero-order chi connectivity index (χ0) is 17.8. The molecule has 0 radical (unpaired) electrons. The van der Waals surface area contributed by atoms with Crippen LogP contribution in [-0.4, -0.2) is 32.1 Å². The van der Waals surface area contributed by atoms with Crippen LogP contribution in [0.4, 0.5) is 5.00 Å². The van der Waals surface area contributed by atoms with Gasteiger partial charge in [-0.2, -0.15) is 0 Å². The maximum Gasteiger partial charge on any atom is 0.191 e. The zero-order valence-corrected chi connectivity index (χ0v) is 15.8. The molecule has 26 heavy (non-hydrogen) atoms. The molecule has 0 saturated carbocycles. The molecule has 0 amide bonds. The highest BCUT2D eigenvalue weighted by atomic mass is 32.1. The van der Waals surface area contributed by atoms with E-state index in [4.69, 9.17) is 4.42 Å². The Kier molecular flexibility index (Phi) is 5.11. The van der Waals surface area contributed by atoms with Crippen LogP contribution in [0.15, 0.2) is 57.3 Å². The van der Waals surface area contributed by atoms with E-state index in [2.05, 4.69) is 50.2 Å². The SMILES string of the molecule is CN=C(NCc1cc2ccccc2o1)NC1CCN(c2cccs2)CC1. The van der Waals surface area contributed by atoms with E-state index in [-0.39, 0.29) is 0 Å². The van der Waals surface area contributed by atoms with Gasteiger partial charge in [0, 0.05) is 31.6 Å². The van der Waals surface area contributed by atoms with Crippen molar-refractivity contribution in [1.82, 2.24) is 10.6 Å². The van der Waals surface area contributed by atoms with Crippen molar-refractivity contribution in [3.05, 3.63) is 53.6 Å². The van der Waals surface area contributed by atoms with Gasteiger partial charge in [0.05, 0.1) is 11.5 Å². The Morgan fingerprint density at radius 2 is 2.08 bits per heavy atom. The van der Waals surface area contributed by atoms with Crippen LogP contribution in [0.25, 0.3) is 11.0 Å². The number of thiophene rings is 1. The summed E-state index contributed by atoms with van der Waals surface area (Å²) in [4.78, 5) is 6.83. The van der Waals surface area contributed by atoms with Crippen LogP contribution < -0.4 is 15.5 Å². The molecule has 0 bridgehead atoms. The summed E-state index contributed by atoms with van der Waals surface area (Å²) < 4.78 is 5.86. The largest absolute Gasteiger partial charge is 0.459 e. The van der Waals surface area contributed by atoms with Crippen molar-refractivity contribution in [2.75, 3.05) is 25.0 Å². The molecule has 2 aromatic heterocycles. The Balaban J connectivity index is 1.28. The van der Waals surface area contributed by atoms with Gasteiger partial charge in [-0.25, -0.2) is 0 Å². The summed E-state index contributed by atoms with van der Waals surface area (Å²) in [5, 5.41) is 11.6. The maximum absolute atomic E-state index is 5.86. The third-order valence-electron chi connectivity index (χ3n) is 4.78. The van der Waals surface area contributed by atoms with Crippen LogP contribution in [0.3, 0.4) is 0 Å². The second-order valence-electron chi connectivity index (χ2n) is 6.53. The number of nitrogens with zero attached hydrogens (tertiary/aromatic N) is 2. The number of fused-ring (bicyclic) bond motifs is 1. The standard InChI is InChI=1S/C20H24N4OS/c1-21-20(22-14-17-13-15-5-2-3-6-18(15)25-17)23-16-8-10-24(11-9-16)19-7-4-12-26-19/h2-7,12-13,16H,8-11,14H2,1H3,(H2,21,22,23). The van der Waals surface area contributed by atoms with Crippen molar-refractivity contribution in [3.63, 3.8) is 0 Å². The Morgan fingerprint density at radius 1 is 1.23 bits per heavy atom. The lowest BCUT2D eigenvalue weighted by Gasteiger charge is -2.33. The van der Waals surface area contributed by atoms with E-state index in [1.54, 1.807) is 0 Å². The monoisotopic (exact) mass is 368 g/mol. The number of anilines is 1. The molecule has 1 aromatic carbocycles. The Bertz CT molecular complexity index is 830. The van der Waals surface area contributed by atoms with Gasteiger partial charge >= 0.3 is 0 Å².